The predicted molar refractivity (Wildman–Crippen MR) is 58.9 cm³/mol. The summed E-state index contributed by atoms with van der Waals surface area (Å²) in [5.74, 6) is 0. The monoisotopic (exact) mass is 318 g/mol. The quantitative estimate of drug-likeness (QED) is 0.316. The zero-order valence-corrected chi connectivity index (χ0v) is 13.5. The third-order valence-electron chi connectivity index (χ3n) is 1.61. The fraction of sp³-hybridized carbons (Fsp3) is 0. The van der Waals surface area contributed by atoms with Gasteiger partial charge in [0.2, 0.25) is 12.4 Å². The molecule has 0 saturated heterocycles. The van der Waals surface area contributed by atoms with Gasteiger partial charge in [-0.2, -0.15) is 0 Å². The van der Waals surface area contributed by atoms with Crippen LogP contribution < -0.4 is 9.46 Å². The molecule has 0 aliphatic heterocycles. The molecule has 0 atom stereocenters. The molecule has 0 fully saturated rings. The van der Waals surface area contributed by atoms with Gasteiger partial charge in [-0.25, -0.2) is 0 Å². The van der Waals surface area contributed by atoms with Crippen molar-refractivity contribution in [2.75, 3.05) is 0 Å². The molecule has 0 unspecified atom stereocenters. The van der Waals surface area contributed by atoms with Crippen molar-refractivity contribution < 1.29 is 39.4 Å². The molecule has 0 aromatic carbocycles. The van der Waals surface area contributed by atoms with Crippen molar-refractivity contribution in [3.8, 4) is 0 Å². The minimum absolute atomic E-state index is 0. The number of hydrogen-bond acceptors (Lipinski definition) is 4. The van der Waals surface area contributed by atoms with E-state index in [1.807, 2.05) is 0 Å². The molecule has 2 aromatic heterocycles. The molecular formula is C10H10N2O2S2Zn. The number of pyridine rings is 2. The van der Waals surface area contributed by atoms with Crippen molar-refractivity contribution in [2.45, 2.75) is 10.1 Å². The van der Waals surface area contributed by atoms with Crippen LogP contribution in [0.2, 0.25) is 0 Å². The summed E-state index contributed by atoms with van der Waals surface area (Å²) in [6.07, 6.45) is 2.98. The first-order chi connectivity index (χ1) is 7.61. The summed E-state index contributed by atoms with van der Waals surface area (Å²) in [5, 5.41) is 18.3. The van der Waals surface area contributed by atoms with Gasteiger partial charge in [-0.3, -0.25) is 10.4 Å². The Labute approximate surface area is 123 Å². The van der Waals surface area contributed by atoms with Gasteiger partial charge in [0.1, 0.15) is 10.1 Å². The first-order valence-corrected chi connectivity index (χ1v) is 5.17. The van der Waals surface area contributed by atoms with E-state index < -0.39 is 0 Å². The molecule has 0 amide bonds. The van der Waals surface area contributed by atoms with Gasteiger partial charge >= 0.3 is 0 Å². The summed E-state index contributed by atoms with van der Waals surface area (Å²) in [7, 11) is 0. The molecular weight excluding hydrogens is 310 g/mol. The van der Waals surface area contributed by atoms with Crippen LogP contribution in [0.25, 0.3) is 0 Å². The second kappa shape index (κ2) is 8.11. The van der Waals surface area contributed by atoms with E-state index in [2.05, 4.69) is 25.3 Å². The molecule has 4 nitrogen and oxygen atoms in total. The first kappa shape index (κ1) is 16.0. The molecule has 2 N–H and O–H groups in total. The molecule has 2 rings (SSSR count). The molecule has 7 heteroatoms. The van der Waals surface area contributed by atoms with Crippen molar-refractivity contribution >= 4 is 25.3 Å². The number of hydrogen-bond donors (Lipinski definition) is 2. The minimum atomic E-state index is 0. The molecule has 0 bridgehead atoms. The zero-order valence-electron chi connectivity index (χ0n) is 8.93. The zero-order chi connectivity index (χ0) is 12.0. The van der Waals surface area contributed by atoms with Crippen LogP contribution in [0, 0.1) is 0 Å². The van der Waals surface area contributed by atoms with Crippen LogP contribution in [0.4, 0.5) is 0 Å². The molecule has 0 spiro atoms. The van der Waals surface area contributed by atoms with E-state index in [1.165, 1.54) is 12.4 Å². The normalized spacial score (nSPS) is 8.47. The van der Waals surface area contributed by atoms with Crippen LogP contribution in [0.3, 0.4) is 0 Å². The van der Waals surface area contributed by atoms with Crippen molar-refractivity contribution in [2.24, 2.45) is 0 Å². The Hall–Kier alpha value is -1.04. The molecule has 0 radical (unpaired) electrons. The average Bonchev–Trinajstić information content (AvgIpc) is 2.28. The van der Waals surface area contributed by atoms with Crippen molar-refractivity contribution in [1.82, 2.24) is 0 Å². The second-order valence-electron chi connectivity index (χ2n) is 2.77. The SMILES string of the molecule is O[n+]1ccccc1[S-].O[n+]1ccccc1[S-].[Zn]. The van der Waals surface area contributed by atoms with E-state index in [-0.39, 0.29) is 19.5 Å². The first-order valence-electron chi connectivity index (χ1n) is 4.35. The summed E-state index contributed by atoms with van der Waals surface area (Å²) >= 11 is 9.33. The summed E-state index contributed by atoms with van der Waals surface area (Å²) in [5.41, 5.74) is 0. The van der Waals surface area contributed by atoms with Crippen molar-refractivity contribution in [1.29, 1.82) is 0 Å². The van der Waals surface area contributed by atoms with Gasteiger partial charge in [0.15, 0.2) is 0 Å². The third kappa shape index (κ3) is 5.72. The Bertz CT molecular complexity index is 386. The molecule has 0 aliphatic carbocycles. The molecule has 2 heterocycles. The predicted octanol–water partition coefficient (Wildman–Crippen LogP) is 0.232. The smallest absolute Gasteiger partial charge is 0.220 e. The fourth-order valence-electron chi connectivity index (χ4n) is 0.838. The largest absolute Gasteiger partial charge is 0.705 e. The van der Waals surface area contributed by atoms with Crippen molar-refractivity contribution in [3.05, 3.63) is 48.8 Å². The van der Waals surface area contributed by atoms with Gasteiger partial charge in [0, 0.05) is 31.6 Å². The summed E-state index contributed by atoms with van der Waals surface area (Å²) in [6, 6.07) is 10.3. The average molecular weight is 320 g/mol. The van der Waals surface area contributed by atoms with Crippen molar-refractivity contribution in [3.63, 3.8) is 0 Å². The molecule has 0 saturated carbocycles. The van der Waals surface area contributed by atoms with E-state index in [0.717, 1.165) is 9.46 Å². The number of aromatic nitrogens is 2. The van der Waals surface area contributed by atoms with Crippen LogP contribution in [-0.2, 0) is 44.7 Å². The van der Waals surface area contributed by atoms with E-state index in [1.54, 1.807) is 36.4 Å². The van der Waals surface area contributed by atoms with Gasteiger partial charge in [0.25, 0.3) is 0 Å². The fourth-order valence-corrected chi connectivity index (χ4v) is 1.12. The van der Waals surface area contributed by atoms with E-state index >= 15 is 0 Å². The van der Waals surface area contributed by atoms with E-state index in [9.17, 15) is 0 Å². The van der Waals surface area contributed by atoms with Crippen LogP contribution in [0.15, 0.2) is 58.8 Å². The van der Waals surface area contributed by atoms with Crippen LogP contribution in [-0.4, -0.2) is 10.4 Å². The molecule has 0 aliphatic rings. The summed E-state index contributed by atoms with van der Waals surface area (Å²) in [6.45, 7) is 0. The second-order valence-corrected chi connectivity index (χ2v) is 3.60. The molecule has 17 heavy (non-hydrogen) atoms. The van der Waals surface area contributed by atoms with Crippen LogP contribution in [0.5, 0.6) is 0 Å². The van der Waals surface area contributed by atoms with Crippen LogP contribution in [0.1, 0.15) is 0 Å². The topological polar surface area (TPSA) is 48.2 Å². The Balaban J connectivity index is 0.000000284. The van der Waals surface area contributed by atoms with Gasteiger partial charge in [-0.05, 0) is 21.6 Å². The van der Waals surface area contributed by atoms with E-state index in [4.69, 9.17) is 10.4 Å². The maximum absolute atomic E-state index is 8.73. The van der Waals surface area contributed by atoms with Gasteiger partial charge in [-0.1, -0.05) is 12.1 Å². The number of nitrogens with zero attached hydrogens (tertiary/aromatic N) is 2. The standard InChI is InChI=1S/2C5H5NOS.Zn/c2*7-6-4-2-1-3-5(6)8;/h2*1-4,7H;. The molecule has 2 aromatic rings. The summed E-state index contributed by atoms with van der Waals surface area (Å²) < 4.78 is 1.80. The Morgan fingerprint density at radius 3 is 1.29 bits per heavy atom. The Morgan fingerprint density at radius 1 is 0.765 bits per heavy atom. The minimum Gasteiger partial charge on any atom is -0.705 e. The van der Waals surface area contributed by atoms with E-state index in [0.29, 0.717) is 10.1 Å². The van der Waals surface area contributed by atoms with Gasteiger partial charge < -0.3 is 25.3 Å². The van der Waals surface area contributed by atoms with Crippen LogP contribution >= 0.6 is 0 Å². The molecule has 86 valence electrons. The Morgan fingerprint density at radius 2 is 1.12 bits per heavy atom. The number of rotatable bonds is 0. The summed E-state index contributed by atoms with van der Waals surface area (Å²) in [4.78, 5) is 0. The van der Waals surface area contributed by atoms with Gasteiger partial charge in [-0.15, -0.1) is 0 Å². The maximum Gasteiger partial charge on any atom is 0.220 e. The van der Waals surface area contributed by atoms with Gasteiger partial charge in [0.05, 0.1) is 0 Å². The Kier molecular flexibility index (Phi) is 7.62. The maximum atomic E-state index is 8.73. The third-order valence-corrected chi connectivity index (χ3v) is 2.25.